The third-order valence-electron chi connectivity index (χ3n) is 1.77. The van der Waals surface area contributed by atoms with E-state index in [2.05, 4.69) is 10.2 Å². The summed E-state index contributed by atoms with van der Waals surface area (Å²) in [7, 11) is 1.61. The lowest BCUT2D eigenvalue weighted by Gasteiger charge is -2.15. The van der Waals surface area contributed by atoms with Crippen LogP contribution in [0.15, 0.2) is 12.4 Å². The smallest absolute Gasteiger partial charge is 0.243 e. The molecule has 13 heavy (non-hydrogen) atoms. The first-order chi connectivity index (χ1) is 6.16. The molecule has 0 aromatic carbocycles. The topological polar surface area (TPSA) is 72.8 Å². The number of nitrogens with one attached hydrogen (secondary N) is 1. The van der Waals surface area contributed by atoms with E-state index in [0.29, 0.717) is 5.69 Å². The Morgan fingerprint density at radius 1 is 1.85 bits per heavy atom. The van der Waals surface area contributed by atoms with Crippen LogP contribution in [0, 0.1) is 17.2 Å². The number of nitrogens with zero attached hydrogens (tertiary/aromatic N) is 3. The van der Waals surface area contributed by atoms with Gasteiger partial charge in [0.1, 0.15) is 5.92 Å². The van der Waals surface area contributed by atoms with Crippen LogP contribution in [0.25, 0.3) is 0 Å². The molecule has 0 bridgehead atoms. The van der Waals surface area contributed by atoms with E-state index in [1.165, 1.54) is 11.1 Å². The zero-order chi connectivity index (χ0) is 9.84. The van der Waals surface area contributed by atoms with Crippen LogP contribution in [-0.2, 0) is 4.79 Å². The molecule has 0 aliphatic rings. The second-order valence-electron chi connectivity index (χ2n) is 2.70. The van der Waals surface area contributed by atoms with E-state index in [1.54, 1.807) is 20.2 Å². The molecular formula is C8H10N4O. The first kappa shape index (κ1) is 9.26. The molecule has 0 radical (unpaired) electrons. The summed E-state index contributed by atoms with van der Waals surface area (Å²) in [6.07, 6.45) is 3.13. The molecule has 0 spiro atoms. The number of hydrogen-bond donors (Lipinski definition) is 1. The number of aromatic amines is 1. The van der Waals surface area contributed by atoms with Gasteiger partial charge in [-0.3, -0.25) is 9.89 Å². The van der Waals surface area contributed by atoms with Crippen molar-refractivity contribution in [3.8, 4) is 6.07 Å². The summed E-state index contributed by atoms with van der Waals surface area (Å²) in [6, 6.07) is 1.89. The quantitative estimate of drug-likeness (QED) is 0.718. The van der Waals surface area contributed by atoms with Gasteiger partial charge < -0.3 is 4.90 Å². The van der Waals surface area contributed by atoms with Crippen molar-refractivity contribution in [1.82, 2.24) is 10.2 Å². The average molecular weight is 178 g/mol. The number of anilines is 1. The van der Waals surface area contributed by atoms with E-state index in [-0.39, 0.29) is 5.91 Å². The van der Waals surface area contributed by atoms with Crippen molar-refractivity contribution >= 4 is 11.6 Å². The van der Waals surface area contributed by atoms with Gasteiger partial charge in [-0.2, -0.15) is 10.4 Å². The summed E-state index contributed by atoms with van der Waals surface area (Å²) in [4.78, 5) is 12.8. The SMILES string of the molecule is CC(C#N)C(=O)N(C)c1cn[nH]c1. The molecule has 1 rings (SSSR count). The van der Waals surface area contributed by atoms with Gasteiger partial charge in [-0.1, -0.05) is 0 Å². The summed E-state index contributed by atoms with van der Waals surface area (Å²) in [5.74, 6) is -0.858. The molecular weight excluding hydrogens is 168 g/mol. The first-order valence-electron chi connectivity index (χ1n) is 3.82. The fourth-order valence-corrected chi connectivity index (χ4v) is 0.900. The average Bonchev–Trinajstić information content (AvgIpc) is 2.67. The lowest BCUT2D eigenvalue weighted by Crippen LogP contribution is -2.30. The molecule has 1 heterocycles. The van der Waals surface area contributed by atoms with Crippen LogP contribution in [0.4, 0.5) is 5.69 Å². The number of carbonyl (C=O) groups excluding carboxylic acids is 1. The largest absolute Gasteiger partial charge is 0.311 e. The molecule has 1 atom stereocenters. The second kappa shape index (κ2) is 3.72. The predicted molar refractivity (Wildman–Crippen MR) is 46.8 cm³/mol. The van der Waals surface area contributed by atoms with E-state index in [1.807, 2.05) is 6.07 Å². The van der Waals surface area contributed by atoms with Crippen molar-refractivity contribution in [1.29, 1.82) is 5.26 Å². The van der Waals surface area contributed by atoms with Crippen LogP contribution in [-0.4, -0.2) is 23.2 Å². The highest BCUT2D eigenvalue weighted by Crippen LogP contribution is 2.11. The van der Waals surface area contributed by atoms with Crippen LogP contribution >= 0.6 is 0 Å². The third kappa shape index (κ3) is 1.85. The highest BCUT2D eigenvalue weighted by molar-refractivity contribution is 5.95. The molecule has 0 saturated heterocycles. The summed E-state index contributed by atoms with van der Waals surface area (Å²) < 4.78 is 0. The number of H-pyrrole nitrogens is 1. The van der Waals surface area contributed by atoms with E-state index in [4.69, 9.17) is 5.26 Å². The predicted octanol–water partition coefficient (Wildman–Crippen LogP) is 0.532. The zero-order valence-corrected chi connectivity index (χ0v) is 7.48. The van der Waals surface area contributed by atoms with Gasteiger partial charge in [0.2, 0.25) is 5.91 Å². The Morgan fingerprint density at radius 3 is 3.00 bits per heavy atom. The maximum absolute atomic E-state index is 11.4. The number of carbonyl (C=O) groups is 1. The molecule has 5 nitrogen and oxygen atoms in total. The van der Waals surface area contributed by atoms with Crippen LogP contribution < -0.4 is 4.90 Å². The fraction of sp³-hybridized carbons (Fsp3) is 0.375. The van der Waals surface area contributed by atoms with Gasteiger partial charge in [-0.15, -0.1) is 0 Å². The number of rotatable bonds is 2. The van der Waals surface area contributed by atoms with E-state index in [0.717, 1.165) is 0 Å². The molecule has 1 N–H and O–H groups in total. The van der Waals surface area contributed by atoms with Crippen molar-refractivity contribution in [3.05, 3.63) is 12.4 Å². The Hall–Kier alpha value is -1.83. The monoisotopic (exact) mass is 178 g/mol. The Bertz CT molecular complexity index is 324. The van der Waals surface area contributed by atoms with Gasteiger partial charge in [-0.25, -0.2) is 0 Å². The molecule has 1 aromatic heterocycles. The van der Waals surface area contributed by atoms with E-state index < -0.39 is 5.92 Å². The minimum Gasteiger partial charge on any atom is -0.311 e. The van der Waals surface area contributed by atoms with Gasteiger partial charge in [0.05, 0.1) is 18.0 Å². The Kier molecular flexibility index (Phi) is 2.65. The van der Waals surface area contributed by atoms with Gasteiger partial charge in [0.25, 0.3) is 0 Å². The highest BCUT2D eigenvalue weighted by atomic mass is 16.2. The highest BCUT2D eigenvalue weighted by Gasteiger charge is 2.18. The summed E-state index contributed by atoms with van der Waals surface area (Å²) in [5.41, 5.74) is 0.659. The van der Waals surface area contributed by atoms with Crippen LogP contribution in [0.1, 0.15) is 6.92 Å². The van der Waals surface area contributed by atoms with Gasteiger partial charge in [0.15, 0.2) is 0 Å². The van der Waals surface area contributed by atoms with Gasteiger partial charge in [0, 0.05) is 13.2 Å². The third-order valence-corrected chi connectivity index (χ3v) is 1.77. The standard InChI is InChI=1S/C8H10N4O/c1-6(3-9)8(13)12(2)7-4-10-11-5-7/h4-6H,1-2H3,(H,10,11). The lowest BCUT2D eigenvalue weighted by atomic mass is 10.2. The zero-order valence-electron chi connectivity index (χ0n) is 7.48. The maximum atomic E-state index is 11.4. The van der Waals surface area contributed by atoms with Gasteiger partial charge >= 0.3 is 0 Å². The molecule has 1 amide bonds. The number of amides is 1. The summed E-state index contributed by atoms with van der Waals surface area (Å²) in [6.45, 7) is 1.57. The minimum absolute atomic E-state index is 0.232. The fourth-order valence-electron chi connectivity index (χ4n) is 0.900. The van der Waals surface area contributed by atoms with Crippen molar-refractivity contribution in [2.24, 2.45) is 5.92 Å². The summed E-state index contributed by atoms with van der Waals surface area (Å²) >= 11 is 0. The lowest BCUT2D eigenvalue weighted by molar-refractivity contribution is -0.120. The number of aromatic nitrogens is 2. The molecule has 1 aromatic rings. The van der Waals surface area contributed by atoms with E-state index in [9.17, 15) is 4.79 Å². The minimum atomic E-state index is -0.625. The van der Waals surface area contributed by atoms with Crippen LogP contribution in [0.3, 0.4) is 0 Å². The van der Waals surface area contributed by atoms with Crippen LogP contribution in [0.5, 0.6) is 0 Å². The molecule has 0 fully saturated rings. The Labute approximate surface area is 76.0 Å². The maximum Gasteiger partial charge on any atom is 0.243 e. The second-order valence-corrected chi connectivity index (χ2v) is 2.70. The number of nitriles is 1. The van der Waals surface area contributed by atoms with Crippen LogP contribution in [0.2, 0.25) is 0 Å². The Balaban J connectivity index is 2.75. The molecule has 0 saturated carbocycles. The molecule has 0 aliphatic heterocycles. The summed E-state index contributed by atoms with van der Waals surface area (Å²) in [5, 5.41) is 14.8. The molecule has 68 valence electrons. The van der Waals surface area contributed by atoms with Crippen molar-refractivity contribution in [2.45, 2.75) is 6.92 Å². The molecule has 0 aliphatic carbocycles. The normalized spacial score (nSPS) is 11.8. The molecule has 5 heteroatoms. The Morgan fingerprint density at radius 2 is 2.54 bits per heavy atom. The van der Waals surface area contributed by atoms with E-state index >= 15 is 0 Å². The van der Waals surface area contributed by atoms with Crippen molar-refractivity contribution < 1.29 is 4.79 Å². The molecule has 1 unspecified atom stereocenters. The van der Waals surface area contributed by atoms with Gasteiger partial charge in [-0.05, 0) is 6.92 Å². The van der Waals surface area contributed by atoms with Crippen molar-refractivity contribution in [2.75, 3.05) is 11.9 Å². The first-order valence-corrected chi connectivity index (χ1v) is 3.82. The number of hydrogen-bond acceptors (Lipinski definition) is 3. The van der Waals surface area contributed by atoms with Crippen molar-refractivity contribution in [3.63, 3.8) is 0 Å².